The summed E-state index contributed by atoms with van der Waals surface area (Å²) in [4.78, 5) is 0. The van der Waals surface area contributed by atoms with Crippen molar-refractivity contribution in [2.24, 2.45) is 7.05 Å². The van der Waals surface area contributed by atoms with Crippen molar-refractivity contribution in [1.29, 1.82) is 0 Å². The number of aryl methyl sites for hydroxylation is 3. The van der Waals surface area contributed by atoms with E-state index >= 15 is 0 Å². The molecule has 0 unspecified atom stereocenters. The minimum atomic E-state index is 0.801. The Labute approximate surface area is 110 Å². The zero-order valence-corrected chi connectivity index (χ0v) is 11.9. The van der Waals surface area contributed by atoms with Crippen molar-refractivity contribution in [3.05, 3.63) is 45.7 Å². The molecule has 0 amide bonds. The third-order valence-electron chi connectivity index (χ3n) is 2.77. The fraction of sp³-hybridized carbons (Fsp3) is 0.308. The first-order valence-corrected chi connectivity index (χ1v) is 6.34. The van der Waals surface area contributed by atoms with Crippen LogP contribution in [0.3, 0.4) is 0 Å². The van der Waals surface area contributed by atoms with Gasteiger partial charge >= 0.3 is 0 Å². The number of hydrogen-bond acceptors (Lipinski definition) is 2. The predicted octanol–water partition coefficient (Wildman–Crippen LogP) is 3.41. The van der Waals surface area contributed by atoms with Crippen LogP contribution in [-0.2, 0) is 13.6 Å². The molecule has 0 spiro atoms. The zero-order valence-electron chi connectivity index (χ0n) is 10.3. The van der Waals surface area contributed by atoms with Gasteiger partial charge in [0.1, 0.15) is 0 Å². The molecule has 0 saturated heterocycles. The molecule has 0 aliphatic carbocycles. The van der Waals surface area contributed by atoms with E-state index in [1.54, 1.807) is 0 Å². The van der Waals surface area contributed by atoms with Gasteiger partial charge < -0.3 is 5.32 Å². The monoisotopic (exact) mass is 293 g/mol. The fourth-order valence-corrected chi connectivity index (χ4v) is 2.10. The van der Waals surface area contributed by atoms with E-state index in [0.29, 0.717) is 0 Å². The van der Waals surface area contributed by atoms with Gasteiger partial charge in [-0.1, -0.05) is 22.0 Å². The summed E-state index contributed by atoms with van der Waals surface area (Å²) in [6, 6.07) is 6.29. The molecule has 90 valence electrons. The first-order chi connectivity index (χ1) is 8.06. The summed E-state index contributed by atoms with van der Waals surface area (Å²) in [5.74, 6) is 0. The van der Waals surface area contributed by atoms with Crippen molar-refractivity contribution in [3.63, 3.8) is 0 Å². The Bertz CT molecular complexity index is 531. The molecule has 0 bridgehead atoms. The first kappa shape index (κ1) is 12.2. The quantitative estimate of drug-likeness (QED) is 0.940. The summed E-state index contributed by atoms with van der Waals surface area (Å²) in [5.41, 5.74) is 4.66. The van der Waals surface area contributed by atoms with Gasteiger partial charge in [-0.2, -0.15) is 5.10 Å². The Hall–Kier alpha value is -1.29. The van der Waals surface area contributed by atoms with Crippen LogP contribution in [0, 0.1) is 13.8 Å². The molecule has 0 aliphatic heterocycles. The van der Waals surface area contributed by atoms with Gasteiger partial charge in [-0.3, -0.25) is 4.68 Å². The molecular weight excluding hydrogens is 278 g/mol. The normalized spacial score (nSPS) is 10.6. The molecule has 1 aromatic carbocycles. The molecule has 1 N–H and O–H groups in total. The van der Waals surface area contributed by atoms with Crippen molar-refractivity contribution in [3.8, 4) is 0 Å². The largest absolute Gasteiger partial charge is 0.381 e. The van der Waals surface area contributed by atoms with Gasteiger partial charge in [0.25, 0.3) is 0 Å². The molecule has 0 aliphatic rings. The van der Waals surface area contributed by atoms with Crippen LogP contribution in [0.5, 0.6) is 0 Å². The van der Waals surface area contributed by atoms with Crippen LogP contribution in [-0.4, -0.2) is 9.78 Å². The SMILES string of the molecule is Cc1ccc(NCc2cn(C)nc2C)cc1Br. The van der Waals surface area contributed by atoms with Crippen LogP contribution in [0.2, 0.25) is 0 Å². The van der Waals surface area contributed by atoms with E-state index in [1.165, 1.54) is 11.1 Å². The van der Waals surface area contributed by atoms with Crippen molar-refractivity contribution >= 4 is 21.6 Å². The van der Waals surface area contributed by atoms with Gasteiger partial charge in [0, 0.05) is 35.5 Å². The Morgan fingerprint density at radius 1 is 1.35 bits per heavy atom. The van der Waals surface area contributed by atoms with Crippen LogP contribution in [0.1, 0.15) is 16.8 Å². The lowest BCUT2D eigenvalue weighted by Gasteiger charge is -2.07. The first-order valence-electron chi connectivity index (χ1n) is 5.55. The molecule has 0 atom stereocenters. The van der Waals surface area contributed by atoms with Crippen molar-refractivity contribution in [2.45, 2.75) is 20.4 Å². The van der Waals surface area contributed by atoms with Gasteiger partial charge in [-0.15, -0.1) is 0 Å². The number of nitrogens with zero attached hydrogens (tertiary/aromatic N) is 2. The molecule has 4 heteroatoms. The van der Waals surface area contributed by atoms with Crippen molar-refractivity contribution < 1.29 is 0 Å². The predicted molar refractivity (Wildman–Crippen MR) is 74.2 cm³/mol. The van der Waals surface area contributed by atoms with Crippen LogP contribution in [0.4, 0.5) is 5.69 Å². The Morgan fingerprint density at radius 3 is 2.71 bits per heavy atom. The van der Waals surface area contributed by atoms with E-state index in [2.05, 4.69) is 51.5 Å². The Balaban J connectivity index is 2.07. The van der Waals surface area contributed by atoms with Gasteiger partial charge in [0.2, 0.25) is 0 Å². The highest BCUT2D eigenvalue weighted by atomic mass is 79.9. The second-order valence-electron chi connectivity index (χ2n) is 4.23. The molecule has 3 nitrogen and oxygen atoms in total. The second-order valence-corrected chi connectivity index (χ2v) is 5.09. The fourth-order valence-electron chi connectivity index (χ4n) is 1.72. The maximum atomic E-state index is 4.32. The number of hydrogen-bond donors (Lipinski definition) is 1. The lowest BCUT2D eigenvalue weighted by Crippen LogP contribution is -1.99. The summed E-state index contributed by atoms with van der Waals surface area (Å²) >= 11 is 3.53. The molecule has 2 rings (SSSR count). The number of nitrogens with one attached hydrogen (secondary N) is 1. The van der Waals surface area contributed by atoms with Crippen LogP contribution in [0.25, 0.3) is 0 Å². The molecule has 1 heterocycles. The summed E-state index contributed by atoms with van der Waals surface area (Å²) in [6.07, 6.45) is 2.05. The molecular formula is C13H16BrN3. The van der Waals surface area contributed by atoms with Crippen LogP contribution < -0.4 is 5.32 Å². The molecule has 0 radical (unpaired) electrons. The molecule has 2 aromatic rings. The summed E-state index contributed by atoms with van der Waals surface area (Å²) in [7, 11) is 1.94. The third kappa shape index (κ3) is 2.88. The van der Waals surface area contributed by atoms with E-state index < -0.39 is 0 Å². The summed E-state index contributed by atoms with van der Waals surface area (Å²) in [6.45, 7) is 4.91. The van der Waals surface area contributed by atoms with E-state index in [-0.39, 0.29) is 0 Å². The Morgan fingerprint density at radius 2 is 2.12 bits per heavy atom. The van der Waals surface area contributed by atoms with Crippen LogP contribution >= 0.6 is 15.9 Å². The highest BCUT2D eigenvalue weighted by molar-refractivity contribution is 9.10. The maximum absolute atomic E-state index is 4.32. The summed E-state index contributed by atoms with van der Waals surface area (Å²) < 4.78 is 2.97. The molecule has 0 saturated carbocycles. The average Bonchev–Trinajstić information content (AvgIpc) is 2.59. The van der Waals surface area contributed by atoms with Gasteiger partial charge in [0.05, 0.1) is 5.69 Å². The number of rotatable bonds is 3. The lowest BCUT2D eigenvalue weighted by atomic mass is 10.2. The Kier molecular flexibility index (Phi) is 3.52. The van der Waals surface area contributed by atoms with Crippen molar-refractivity contribution in [2.75, 3.05) is 5.32 Å². The third-order valence-corrected chi connectivity index (χ3v) is 3.62. The number of aromatic nitrogens is 2. The van der Waals surface area contributed by atoms with E-state index in [4.69, 9.17) is 0 Å². The lowest BCUT2D eigenvalue weighted by molar-refractivity contribution is 0.756. The minimum absolute atomic E-state index is 0.801. The van der Waals surface area contributed by atoms with E-state index in [1.807, 2.05) is 24.9 Å². The zero-order chi connectivity index (χ0) is 12.4. The summed E-state index contributed by atoms with van der Waals surface area (Å²) in [5, 5.41) is 7.72. The van der Waals surface area contributed by atoms with E-state index in [0.717, 1.165) is 22.4 Å². The smallest absolute Gasteiger partial charge is 0.0643 e. The maximum Gasteiger partial charge on any atom is 0.0643 e. The molecule has 17 heavy (non-hydrogen) atoms. The topological polar surface area (TPSA) is 29.9 Å². The van der Waals surface area contributed by atoms with Gasteiger partial charge in [0.15, 0.2) is 0 Å². The van der Waals surface area contributed by atoms with Gasteiger partial charge in [-0.25, -0.2) is 0 Å². The highest BCUT2D eigenvalue weighted by Crippen LogP contribution is 2.21. The number of anilines is 1. The van der Waals surface area contributed by atoms with Gasteiger partial charge in [-0.05, 0) is 31.5 Å². The highest BCUT2D eigenvalue weighted by Gasteiger charge is 2.03. The second kappa shape index (κ2) is 4.92. The molecule has 1 aromatic heterocycles. The standard InChI is InChI=1S/C13H16BrN3/c1-9-4-5-12(6-13(9)14)15-7-11-8-17(3)16-10(11)2/h4-6,8,15H,7H2,1-3H3. The number of benzene rings is 1. The average molecular weight is 294 g/mol. The minimum Gasteiger partial charge on any atom is -0.381 e. The number of halogens is 1. The van der Waals surface area contributed by atoms with Crippen LogP contribution in [0.15, 0.2) is 28.9 Å². The van der Waals surface area contributed by atoms with E-state index in [9.17, 15) is 0 Å². The van der Waals surface area contributed by atoms with Crippen molar-refractivity contribution in [1.82, 2.24) is 9.78 Å². The molecule has 0 fully saturated rings.